The minimum Gasteiger partial charge on any atom is -0.472 e. The molecule has 1 aromatic rings. The van der Waals surface area contributed by atoms with Crippen LogP contribution < -0.4 is 10.1 Å². The fourth-order valence-corrected chi connectivity index (χ4v) is 2.10. The van der Waals surface area contributed by atoms with Crippen molar-refractivity contribution in [2.24, 2.45) is 4.99 Å². The number of likely N-dealkylation sites (tertiary alicyclic amines) is 1. The minimum absolute atomic E-state index is 0. The van der Waals surface area contributed by atoms with E-state index in [9.17, 15) is 0 Å². The van der Waals surface area contributed by atoms with Crippen LogP contribution in [-0.4, -0.2) is 48.6 Å². The van der Waals surface area contributed by atoms with Crippen molar-refractivity contribution in [1.29, 1.82) is 0 Å². The fraction of sp³-hybridized carbons (Fsp3) is 0.429. The molecule has 1 aliphatic rings. The number of pyridine rings is 1. The van der Waals surface area contributed by atoms with Gasteiger partial charge < -0.3 is 15.0 Å². The highest BCUT2D eigenvalue weighted by atomic mass is 127. The molecule has 1 fully saturated rings. The van der Waals surface area contributed by atoms with Gasteiger partial charge in [0.1, 0.15) is 6.10 Å². The summed E-state index contributed by atoms with van der Waals surface area (Å²) in [6, 6.07) is 5.70. The third-order valence-corrected chi connectivity index (χ3v) is 2.99. The zero-order valence-electron chi connectivity index (χ0n) is 11.7. The molecule has 0 saturated carbocycles. The van der Waals surface area contributed by atoms with Crippen molar-refractivity contribution in [3.63, 3.8) is 0 Å². The second kappa shape index (κ2) is 8.78. The highest BCUT2D eigenvalue weighted by molar-refractivity contribution is 14.0. The van der Waals surface area contributed by atoms with E-state index < -0.39 is 0 Å². The van der Waals surface area contributed by atoms with E-state index in [1.54, 1.807) is 13.2 Å². The maximum Gasteiger partial charge on any atom is 0.213 e. The molecule has 0 aliphatic carbocycles. The molecule has 6 heteroatoms. The van der Waals surface area contributed by atoms with Crippen LogP contribution in [0.5, 0.6) is 5.88 Å². The van der Waals surface area contributed by atoms with Gasteiger partial charge in [-0.3, -0.25) is 4.99 Å². The predicted molar refractivity (Wildman–Crippen MR) is 91.8 cm³/mol. The number of halogens is 1. The molecule has 5 nitrogen and oxygen atoms in total. The molecule has 1 saturated heterocycles. The van der Waals surface area contributed by atoms with Crippen LogP contribution in [0, 0.1) is 0 Å². The highest BCUT2D eigenvalue weighted by Gasteiger charge is 2.26. The van der Waals surface area contributed by atoms with Crippen molar-refractivity contribution in [3.8, 4) is 5.88 Å². The van der Waals surface area contributed by atoms with Gasteiger partial charge in [0, 0.05) is 38.8 Å². The van der Waals surface area contributed by atoms with Crippen LogP contribution in [0.4, 0.5) is 0 Å². The third-order valence-electron chi connectivity index (χ3n) is 2.99. The summed E-state index contributed by atoms with van der Waals surface area (Å²) >= 11 is 0. The highest BCUT2D eigenvalue weighted by Crippen LogP contribution is 2.16. The molecule has 1 aromatic heterocycles. The predicted octanol–water partition coefficient (Wildman–Crippen LogP) is 1.91. The summed E-state index contributed by atoms with van der Waals surface area (Å²) in [5.41, 5.74) is 0. The van der Waals surface area contributed by atoms with Gasteiger partial charge in [-0.25, -0.2) is 4.98 Å². The molecule has 110 valence electrons. The van der Waals surface area contributed by atoms with Crippen LogP contribution in [0.1, 0.15) is 6.42 Å². The number of hydrogen-bond donors (Lipinski definition) is 1. The first-order valence-corrected chi connectivity index (χ1v) is 6.47. The molecule has 20 heavy (non-hydrogen) atoms. The van der Waals surface area contributed by atoms with E-state index in [-0.39, 0.29) is 30.1 Å². The maximum absolute atomic E-state index is 5.85. The lowest BCUT2D eigenvalue weighted by atomic mass is 10.3. The Bertz CT molecular complexity index is 438. The van der Waals surface area contributed by atoms with Gasteiger partial charge >= 0.3 is 0 Å². The van der Waals surface area contributed by atoms with Gasteiger partial charge in [-0.15, -0.1) is 30.6 Å². The second-order valence-corrected chi connectivity index (χ2v) is 4.36. The Balaban J connectivity index is 0.00000200. The lowest BCUT2D eigenvalue weighted by Crippen LogP contribution is -2.40. The van der Waals surface area contributed by atoms with Gasteiger partial charge in [0.2, 0.25) is 5.88 Å². The summed E-state index contributed by atoms with van der Waals surface area (Å²) in [6.45, 7) is 6.18. The third kappa shape index (κ3) is 4.66. The molecule has 2 heterocycles. The van der Waals surface area contributed by atoms with E-state index in [0.29, 0.717) is 5.88 Å². The van der Waals surface area contributed by atoms with E-state index in [4.69, 9.17) is 4.74 Å². The van der Waals surface area contributed by atoms with E-state index >= 15 is 0 Å². The monoisotopic (exact) mass is 388 g/mol. The molecular formula is C14H21IN4O. The number of nitrogens with zero attached hydrogens (tertiary/aromatic N) is 3. The van der Waals surface area contributed by atoms with E-state index in [1.807, 2.05) is 24.3 Å². The zero-order valence-corrected chi connectivity index (χ0v) is 14.0. The molecule has 0 radical (unpaired) electrons. The lowest BCUT2D eigenvalue weighted by molar-refractivity contribution is 0.205. The van der Waals surface area contributed by atoms with E-state index in [0.717, 1.165) is 32.0 Å². The Hall–Kier alpha value is -1.31. The summed E-state index contributed by atoms with van der Waals surface area (Å²) in [6.07, 6.45) is 4.71. The molecule has 1 unspecified atom stereocenters. The average molecular weight is 388 g/mol. The number of rotatable bonds is 4. The number of ether oxygens (including phenoxy) is 1. The normalized spacial score (nSPS) is 18.4. The van der Waals surface area contributed by atoms with E-state index in [2.05, 4.69) is 26.8 Å². The molecule has 0 amide bonds. The van der Waals surface area contributed by atoms with Crippen LogP contribution in [-0.2, 0) is 0 Å². The number of guanidine groups is 1. The summed E-state index contributed by atoms with van der Waals surface area (Å²) in [4.78, 5) is 10.6. The number of aliphatic imine (C=N–C) groups is 1. The molecule has 1 atom stereocenters. The molecule has 1 aliphatic heterocycles. The number of hydrogen-bond acceptors (Lipinski definition) is 3. The van der Waals surface area contributed by atoms with Crippen molar-refractivity contribution in [1.82, 2.24) is 15.2 Å². The maximum atomic E-state index is 5.85. The Morgan fingerprint density at radius 2 is 2.50 bits per heavy atom. The molecule has 2 rings (SSSR count). The van der Waals surface area contributed by atoms with Crippen LogP contribution in [0.25, 0.3) is 0 Å². The Labute approximate surface area is 137 Å². The molecule has 0 spiro atoms. The van der Waals surface area contributed by atoms with E-state index in [1.165, 1.54) is 0 Å². The van der Waals surface area contributed by atoms with Crippen molar-refractivity contribution >= 4 is 29.9 Å². The number of aromatic nitrogens is 1. The smallest absolute Gasteiger partial charge is 0.213 e. The first-order valence-electron chi connectivity index (χ1n) is 6.47. The fourth-order valence-electron chi connectivity index (χ4n) is 2.10. The van der Waals surface area contributed by atoms with Gasteiger partial charge in [-0.1, -0.05) is 12.1 Å². The van der Waals surface area contributed by atoms with Crippen LogP contribution in [0.15, 0.2) is 42.0 Å². The molecule has 0 aromatic carbocycles. The first kappa shape index (κ1) is 16.7. The zero-order chi connectivity index (χ0) is 13.5. The topological polar surface area (TPSA) is 49.8 Å². The van der Waals surface area contributed by atoms with Crippen LogP contribution in [0.2, 0.25) is 0 Å². The largest absolute Gasteiger partial charge is 0.472 e. The van der Waals surface area contributed by atoms with Crippen molar-refractivity contribution in [2.45, 2.75) is 12.5 Å². The summed E-state index contributed by atoms with van der Waals surface area (Å²) in [5.74, 6) is 1.58. The number of nitrogens with one attached hydrogen (secondary N) is 1. The van der Waals surface area contributed by atoms with Crippen molar-refractivity contribution < 1.29 is 4.74 Å². The Kier molecular flexibility index (Phi) is 7.35. The van der Waals surface area contributed by atoms with Gasteiger partial charge in [0.05, 0.1) is 6.54 Å². The van der Waals surface area contributed by atoms with Gasteiger partial charge in [-0.05, 0) is 6.07 Å². The van der Waals surface area contributed by atoms with Gasteiger partial charge in [-0.2, -0.15) is 0 Å². The lowest BCUT2D eigenvalue weighted by Gasteiger charge is -2.21. The van der Waals surface area contributed by atoms with Gasteiger partial charge in [0.15, 0.2) is 5.96 Å². The molecule has 1 N–H and O–H groups in total. The summed E-state index contributed by atoms with van der Waals surface area (Å²) in [7, 11) is 1.79. The van der Waals surface area contributed by atoms with Gasteiger partial charge in [0.25, 0.3) is 0 Å². The van der Waals surface area contributed by atoms with Crippen LogP contribution >= 0.6 is 24.0 Å². The molecular weight excluding hydrogens is 367 g/mol. The molecule has 0 bridgehead atoms. The summed E-state index contributed by atoms with van der Waals surface area (Å²) in [5, 5.41) is 3.23. The Morgan fingerprint density at radius 3 is 3.15 bits per heavy atom. The SMILES string of the molecule is C=CCNC(=NC)N1CCC(Oc2ccccn2)C1.I. The summed E-state index contributed by atoms with van der Waals surface area (Å²) < 4.78 is 5.85. The quantitative estimate of drug-likeness (QED) is 0.371. The average Bonchev–Trinajstić information content (AvgIpc) is 2.89. The van der Waals surface area contributed by atoms with Crippen molar-refractivity contribution in [3.05, 3.63) is 37.1 Å². The first-order chi connectivity index (χ1) is 9.33. The Morgan fingerprint density at radius 1 is 1.65 bits per heavy atom. The minimum atomic E-state index is 0. The standard InChI is InChI=1S/C14H20N4O.HI/c1-3-8-17-14(15-2)18-10-7-12(11-18)19-13-6-4-5-9-16-13;/h3-6,9,12H,1,7-8,10-11H2,2H3,(H,15,17);1H. The van der Waals surface area contributed by atoms with Crippen LogP contribution in [0.3, 0.4) is 0 Å². The second-order valence-electron chi connectivity index (χ2n) is 4.36. The van der Waals surface area contributed by atoms with Crippen molar-refractivity contribution in [2.75, 3.05) is 26.7 Å².